The van der Waals surface area contributed by atoms with Gasteiger partial charge in [0.25, 0.3) is 5.92 Å². The Hall–Kier alpha value is -0.670. The summed E-state index contributed by atoms with van der Waals surface area (Å²) in [6, 6.07) is 0. The second kappa shape index (κ2) is 1.62. The Morgan fingerprint density at radius 2 is 1.77 bits per heavy atom. The van der Waals surface area contributed by atoms with E-state index in [1.807, 2.05) is 0 Å². The lowest BCUT2D eigenvalue weighted by molar-refractivity contribution is -0.149. The highest BCUT2D eigenvalue weighted by Crippen LogP contribution is 2.93. The van der Waals surface area contributed by atoms with Crippen molar-refractivity contribution in [2.75, 3.05) is 0 Å². The van der Waals surface area contributed by atoms with Gasteiger partial charge in [-0.15, -0.1) is 0 Å². The van der Waals surface area contributed by atoms with Crippen LogP contribution < -0.4 is 0 Å². The summed E-state index contributed by atoms with van der Waals surface area (Å²) in [4.78, 5) is 10.5. The SMILES string of the molecule is O=C(O)C1CC2(C1)C(F)(F)C21CC1. The van der Waals surface area contributed by atoms with E-state index in [9.17, 15) is 13.6 Å². The molecule has 3 rings (SSSR count). The number of halogens is 2. The maximum atomic E-state index is 13.3. The molecule has 1 N–H and O–H groups in total. The number of carboxylic acids is 1. The maximum Gasteiger partial charge on any atom is 0.306 e. The van der Waals surface area contributed by atoms with E-state index in [4.69, 9.17) is 5.11 Å². The molecule has 0 bridgehead atoms. The van der Waals surface area contributed by atoms with Crippen LogP contribution in [0, 0.1) is 16.7 Å². The van der Waals surface area contributed by atoms with Gasteiger partial charge in [0.2, 0.25) is 0 Å². The largest absolute Gasteiger partial charge is 0.481 e. The number of aliphatic carboxylic acids is 1. The van der Waals surface area contributed by atoms with Crippen LogP contribution in [0.25, 0.3) is 0 Å². The first kappa shape index (κ1) is 7.71. The highest BCUT2D eigenvalue weighted by molar-refractivity contribution is 5.72. The van der Waals surface area contributed by atoms with Crippen LogP contribution in [0.4, 0.5) is 8.78 Å². The number of fused-ring (bicyclic) bond motifs is 1. The van der Waals surface area contributed by atoms with Crippen LogP contribution in [0.15, 0.2) is 0 Å². The van der Waals surface area contributed by atoms with E-state index in [2.05, 4.69) is 0 Å². The predicted octanol–water partition coefficient (Wildman–Crippen LogP) is 1.90. The van der Waals surface area contributed by atoms with E-state index < -0.39 is 28.6 Å². The van der Waals surface area contributed by atoms with Crippen LogP contribution in [0.5, 0.6) is 0 Å². The summed E-state index contributed by atoms with van der Waals surface area (Å²) in [5, 5.41) is 8.61. The molecule has 0 amide bonds. The molecule has 0 heterocycles. The Labute approximate surface area is 73.9 Å². The first-order valence-corrected chi connectivity index (χ1v) is 4.58. The van der Waals surface area contributed by atoms with Gasteiger partial charge in [0.05, 0.1) is 5.92 Å². The van der Waals surface area contributed by atoms with Crippen LogP contribution in [-0.2, 0) is 4.79 Å². The van der Waals surface area contributed by atoms with E-state index in [1.165, 1.54) is 0 Å². The van der Waals surface area contributed by atoms with Gasteiger partial charge in [-0.2, -0.15) is 0 Å². The molecule has 3 aliphatic carbocycles. The van der Waals surface area contributed by atoms with E-state index >= 15 is 0 Å². The molecule has 0 unspecified atom stereocenters. The Morgan fingerprint density at radius 3 is 2.08 bits per heavy atom. The van der Waals surface area contributed by atoms with Gasteiger partial charge in [0.1, 0.15) is 0 Å². The third kappa shape index (κ3) is 0.525. The van der Waals surface area contributed by atoms with E-state index in [1.54, 1.807) is 0 Å². The standard InChI is InChI=1S/C9H10F2O2/c10-9(11)7(1-2-7)8(9)3-5(4-8)6(12)13/h5H,1-4H2,(H,12,13). The van der Waals surface area contributed by atoms with Crippen molar-refractivity contribution in [2.24, 2.45) is 16.7 Å². The van der Waals surface area contributed by atoms with Crippen molar-refractivity contribution in [3.8, 4) is 0 Å². The van der Waals surface area contributed by atoms with Gasteiger partial charge >= 0.3 is 5.97 Å². The molecule has 0 aliphatic heterocycles. The van der Waals surface area contributed by atoms with E-state index in [0.717, 1.165) is 0 Å². The Bertz CT molecular complexity index is 295. The van der Waals surface area contributed by atoms with Gasteiger partial charge in [-0.25, -0.2) is 8.78 Å². The zero-order valence-electron chi connectivity index (χ0n) is 7.02. The molecule has 72 valence electrons. The zero-order chi connectivity index (χ0) is 9.48. The number of carboxylic acid groups (broad SMARTS) is 1. The summed E-state index contributed by atoms with van der Waals surface area (Å²) in [5.74, 6) is -3.97. The second-order valence-electron chi connectivity index (χ2n) is 4.68. The molecule has 3 fully saturated rings. The fourth-order valence-corrected chi connectivity index (χ4v) is 3.26. The Morgan fingerprint density at radius 1 is 1.23 bits per heavy atom. The Balaban J connectivity index is 1.80. The first-order chi connectivity index (χ1) is 5.97. The average molecular weight is 188 g/mol. The minimum absolute atomic E-state index is 0.204. The molecule has 0 aromatic carbocycles. The van der Waals surface area contributed by atoms with Crippen LogP contribution in [0.3, 0.4) is 0 Å². The van der Waals surface area contributed by atoms with Crippen molar-refractivity contribution in [1.82, 2.24) is 0 Å². The van der Waals surface area contributed by atoms with Gasteiger partial charge in [0, 0.05) is 10.8 Å². The van der Waals surface area contributed by atoms with Gasteiger partial charge in [-0.1, -0.05) is 0 Å². The van der Waals surface area contributed by atoms with Crippen LogP contribution in [0.2, 0.25) is 0 Å². The predicted molar refractivity (Wildman–Crippen MR) is 39.4 cm³/mol. The zero-order valence-corrected chi connectivity index (χ0v) is 7.02. The normalized spacial score (nSPS) is 47.4. The minimum atomic E-state index is -2.55. The molecule has 4 heteroatoms. The smallest absolute Gasteiger partial charge is 0.306 e. The third-order valence-corrected chi connectivity index (χ3v) is 4.34. The third-order valence-electron chi connectivity index (χ3n) is 4.34. The summed E-state index contributed by atoms with van der Waals surface area (Å²) in [6.45, 7) is 0. The molecule has 2 spiro atoms. The average Bonchev–Trinajstić information content (AvgIpc) is 2.69. The number of rotatable bonds is 1. The van der Waals surface area contributed by atoms with Crippen molar-refractivity contribution in [1.29, 1.82) is 0 Å². The van der Waals surface area contributed by atoms with Crippen molar-refractivity contribution in [2.45, 2.75) is 31.6 Å². The molecule has 0 aromatic rings. The fourth-order valence-electron chi connectivity index (χ4n) is 3.26. The van der Waals surface area contributed by atoms with Crippen molar-refractivity contribution in [3.63, 3.8) is 0 Å². The summed E-state index contributed by atoms with van der Waals surface area (Å²) in [7, 11) is 0. The van der Waals surface area contributed by atoms with Crippen LogP contribution in [-0.4, -0.2) is 17.0 Å². The maximum absolute atomic E-state index is 13.3. The number of hydrogen-bond donors (Lipinski definition) is 1. The van der Waals surface area contributed by atoms with Gasteiger partial charge in [-0.3, -0.25) is 4.79 Å². The summed E-state index contributed by atoms with van der Waals surface area (Å²) in [6.07, 6.45) is 1.61. The molecule has 0 aromatic heterocycles. The van der Waals surface area contributed by atoms with Gasteiger partial charge < -0.3 is 5.11 Å². The van der Waals surface area contributed by atoms with E-state index in [-0.39, 0.29) is 12.8 Å². The van der Waals surface area contributed by atoms with Crippen molar-refractivity contribution < 1.29 is 18.7 Å². The van der Waals surface area contributed by atoms with Gasteiger partial charge in [0.15, 0.2) is 0 Å². The summed E-state index contributed by atoms with van der Waals surface area (Å²) >= 11 is 0. The molecular formula is C9H10F2O2. The number of carbonyl (C=O) groups is 1. The monoisotopic (exact) mass is 188 g/mol. The lowest BCUT2D eigenvalue weighted by Crippen LogP contribution is -2.36. The summed E-state index contributed by atoms with van der Waals surface area (Å²) in [5.41, 5.74) is -1.63. The molecule has 0 radical (unpaired) electrons. The minimum Gasteiger partial charge on any atom is -0.481 e. The fraction of sp³-hybridized carbons (Fsp3) is 0.889. The Kier molecular flexibility index (Phi) is 0.960. The highest BCUT2D eigenvalue weighted by atomic mass is 19.3. The molecule has 2 nitrogen and oxygen atoms in total. The molecule has 0 saturated heterocycles. The van der Waals surface area contributed by atoms with Crippen LogP contribution >= 0.6 is 0 Å². The molecular weight excluding hydrogens is 178 g/mol. The first-order valence-electron chi connectivity index (χ1n) is 4.58. The highest BCUT2D eigenvalue weighted by Gasteiger charge is 2.97. The lowest BCUT2D eigenvalue weighted by atomic mass is 9.69. The second-order valence-corrected chi connectivity index (χ2v) is 4.68. The molecule has 3 saturated carbocycles. The molecule has 13 heavy (non-hydrogen) atoms. The van der Waals surface area contributed by atoms with Crippen molar-refractivity contribution >= 4 is 5.97 Å². The number of hydrogen-bond acceptors (Lipinski definition) is 1. The lowest BCUT2D eigenvalue weighted by Gasteiger charge is -2.33. The molecule has 0 atom stereocenters. The molecule has 3 aliphatic rings. The van der Waals surface area contributed by atoms with E-state index in [0.29, 0.717) is 12.8 Å². The van der Waals surface area contributed by atoms with Crippen LogP contribution in [0.1, 0.15) is 25.7 Å². The van der Waals surface area contributed by atoms with Gasteiger partial charge in [-0.05, 0) is 25.7 Å². The quantitative estimate of drug-likeness (QED) is 0.682. The van der Waals surface area contributed by atoms with Crippen molar-refractivity contribution in [3.05, 3.63) is 0 Å². The number of alkyl halides is 2. The topological polar surface area (TPSA) is 37.3 Å². The summed E-state index contributed by atoms with van der Waals surface area (Å²) < 4.78 is 26.6.